The molecule has 0 nitrogen and oxygen atoms in total. The zero-order chi connectivity index (χ0) is 11.7. The lowest BCUT2D eigenvalue weighted by molar-refractivity contribution is 1.00. The van der Waals surface area contributed by atoms with Gasteiger partial charge in [0, 0.05) is 30.7 Å². The molecule has 0 N–H and O–H groups in total. The van der Waals surface area contributed by atoms with Crippen molar-refractivity contribution in [3.05, 3.63) is 78.3 Å². The smallest absolute Gasteiger partial charge is 0.0644 e. The number of rotatable bonds is 2. The van der Waals surface area contributed by atoms with Crippen molar-refractivity contribution in [3.63, 3.8) is 0 Å². The van der Waals surface area contributed by atoms with Crippen LogP contribution in [0.2, 0.25) is 0 Å². The summed E-state index contributed by atoms with van der Waals surface area (Å²) < 4.78 is 0. The molecule has 3 rings (SSSR count). The van der Waals surface area contributed by atoms with Crippen LogP contribution in [0.1, 0.15) is 11.1 Å². The first-order chi connectivity index (χ1) is 8.33. The highest BCUT2D eigenvalue weighted by molar-refractivity contribution is 5.70. The second-order valence-electron chi connectivity index (χ2n) is 4.57. The quantitative estimate of drug-likeness (QED) is 0.657. The van der Waals surface area contributed by atoms with Crippen LogP contribution in [0.4, 0.5) is 0 Å². The van der Waals surface area contributed by atoms with Crippen molar-refractivity contribution in [3.8, 4) is 11.1 Å². The molecule has 0 fully saturated rings. The Morgan fingerprint density at radius 1 is 0.882 bits per heavy atom. The molecular weight excluding hydrogens is 204 g/mol. The van der Waals surface area contributed by atoms with E-state index in [1.165, 1.54) is 22.3 Å². The van der Waals surface area contributed by atoms with Crippen LogP contribution >= 0.6 is 0 Å². The summed E-state index contributed by atoms with van der Waals surface area (Å²) in [6, 6.07) is 13.2. The van der Waals surface area contributed by atoms with Gasteiger partial charge in [0.15, 0.2) is 0 Å². The average molecular weight is 219 g/mol. The highest BCUT2D eigenvalue weighted by atomic mass is 14.1. The Kier molecular flexibility index (Phi) is 2.49. The molecular formula is C17H15+. The minimum absolute atomic E-state index is 0.452. The summed E-state index contributed by atoms with van der Waals surface area (Å²) in [5.74, 6) is 0.452. The summed E-state index contributed by atoms with van der Waals surface area (Å²) in [5, 5.41) is 0. The van der Waals surface area contributed by atoms with Crippen molar-refractivity contribution < 1.29 is 0 Å². The van der Waals surface area contributed by atoms with E-state index in [1.807, 2.05) is 0 Å². The molecule has 0 unspecified atom stereocenters. The normalized spacial score (nSPS) is 14.6. The third-order valence-corrected chi connectivity index (χ3v) is 3.31. The molecule has 0 saturated heterocycles. The number of hydrogen-bond acceptors (Lipinski definition) is 0. The fourth-order valence-electron chi connectivity index (χ4n) is 2.31. The van der Waals surface area contributed by atoms with Gasteiger partial charge in [-0.1, -0.05) is 36.4 Å². The van der Waals surface area contributed by atoms with Crippen molar-refractivity contribution in [1.29, 1.82) is 0 Å². The maximum Gasteiger partial charge on any atom is 0.130 e. The molecule has 3 aliphatic rings. The number of fused-ring (bicyclic) bond motifs is 1. The molecule has 0 spiro atoms. The van der Waals surface area contributed by atoms with Gasteiger partial charge >= 0.3 is 0 Å². The summed E-state index contributed by atoms with van der Waals surface area (Å²) in [6.07, 6.45) is 10.9. The minimum Gasteiger partial charge on any atom is -0.0644 e. The summed E-state index contributed by atoms with van der Waals surface area (Å²) in [6.45, 7) is 2.16. The number of hydrogen-bond donors (Lipinski definition) is 0. The Labute approximate surface area is 103 Å². The van der Waals surface area contributed by atoms with Gasteiger partial charge < -0.3 is 0 Å². The van der Waals surface area contributed by atoms with E-state index in [1.54, 1.807) is 0 Å². The lowest BCUT2D eigenvalue weighted by Gasteiger charge is -1.95. The predicted molar refractivity (Wildman–Crippen MR) is 73.0 cm³/mol. The van der Waals surface area contributed by atoms with Crippen LogP contribution < -0.4 is 0 Å². The van der Waals surface area contributed by atoms with Gasteiger partial charge in [0.25, 0.3) is 0 Å². The van der Waals surface area contributed by atoms with E-state index >= 15 is 0 Å². The Balaban J connectivity index is 1.93. The van der Waals surface area contributed by atoms with Gasteiger partial charge in [-0.3, -0.25) is 0 Å². The Hall–Kier alpha value is -1.95. The van der Waals surface area contributed by atoms with Crippen LogP contribution in [0.15, 0.2) is 60.7 Å². The van der Waals surface area contributed by atoms with Crippen LogP contribution in [0.3, 0.4) is 0 Å². The largest absolute Gasteiger partial charge is 0.130 e. The van der Waals surface area contributed by atoms with Gasteiger partial charge in [-0.2, -0.15) is 0 Å². The molecule has 0 aromatic heterocycles. The second-order valence-corrected chi connectivity index (χ2v) is 4.57. The van der Waals surface area contributed by atoms with E-state index in [-0.39, 0.29) is 0 Å². The Morgan fingerprint density at radius 2 is 1.59 bits per heavy atom. The van der Waals surface area contributed by atoms with Crippen LogP contribution in [-0.4, -0.2) is 0 Å². The van der Waals surface area contributed by atoms with Crippen LogP contribution in [-0.2, 0) is 0 Å². The van der Waals surface area contributed by atoms with Crippen LogP contribution in [0, 0.1) is 19.3 Å². The molecule has 0 aliphatic heterocycles. The van der Waals surface area contributed by atoms with Crippen molar-refractivity contribution in [1.82, 2.24) is 0 Å². The molecule has 0 radical (unpaired) electrons. The molecule has 3 aliphatic carbocycles. The van der Waals surface area contributed by atoms with Crippen molar-refractivity contribution in [2.75, 3.05) is 0 Å². The van der Waals surface area contributed by atoms with Gasteiger partial charge in [-0.15, -0.1) is 0 Å². The molecule has 82 valence electrons. The molecule has 0 heterocycles. The molecule has 0 aromatic carbocycles. The van der Waals surface area contributed by atoms with E-state index in [9.17, 15) is 0 Å². The molecule has 0 aromatic rings. The Bertz CT molecular complexity index is 548. The molecule has 0 amide bonds. The average Bonchev–Trinajstić information content (AvgIpc) is 2.88. The third-order valence-electron chi connectivity index (χ3n) is 3.31. The number of allylic oxidation sites excluding steroid dienone is 4. The zero-order valence-corrected chi connectivity index (χ0v) is 9.93. The number of aryl methyl sites for hydroxylation is 1. The molecule has 0 bridgehead atoms. The molecule has 0 saturated carbocycles. The van der Waals surface area contributed by atoms with E-state index < -0.39 is 0 Å². The standard InChI is InChI=1S/C17H15/c1-13-6-9-16-10-7-15(8-11-17(13)16)12-14-4-2-3-5-14/h2-12,14H,1H3/q+1. The van der Waals surface area contributed by atoms with Gasteiger partial charge in [-0.05, 0) is 23.6 Å². The van der Waals surface area contributed by atoms with Crippen molar-refractivity contribution >= 4 is 0 Å². The monoisotopic (exact) mass is 219 g/mol. The molecule has 17 heavy (non-hydrogen) atoms. The van der Waals surface area contributed by atoms with Gasteiger partial charge in [0.2, 0.25) is 0 Å². The lowest BCUT2D eigenvalue weighted by Crippen LogP contribution is -1.90. The van der Waals surface area contributed by atoms with Crippen LogP contribution in [0.25, 0.3) is 11.1 Å². The highest BCUT2D eigenvalue weighted by Gasteiger charge is 2.12. The van der Waals surface area contributed by atoms with E-state index in [0.29, 0.717) is 5.92 Å². The highest BCUT2D eigenvalue weighted by Crippen LogP contribution is 2.27. The lowest BCUT2D eigenvalue weighted by atomic mass is 10.0. The van der Waals surface area contributed by atoms with E-state index in [4.69, 9.17) is 0 Å². The second kappa shape index (κ2) is 4.14. The maximum absolute atomic E-state index is 2.29. The zero-order valence-electron chi connectivity index (χ0n) is 9.93. The van der Waals surface area contributed by atoms with Crippen molar-refractivity contribution in [2.45, 2.75) is 6.92 Å². The fraction of sp³-hybridized carbons (Fsp3) is 0.118. The first kappa shape index (κ1) is 10.2. The maximum atomic E-state index is 2.29. The topological polar surface area (TPSA) is 0 Å². The van der Waals surface area contributed by atoms with Crippen molar-refractivity contribution in [2.24, 2.45) is 5.92 Å². The molecule has 0 heteroatoms. The van der Waals surface area contributed by atoms with E-state index in [2.05, 4.69) is 74.0 Å². The SMILES string of the molecule is Cc1ccc2ccc([CH+]C3C=CC=C3)ccc1-2. The molecule has 0 atom stereocenters. The Morgan fingerprint density at radius 3 is 2.41 bits per heavy atom. The first-order valence-electron chi connectivity index (χ1n) is 6.02. The minimum atomic E-state index is 0.452. The first-order valence-corrected chi connectivity index (χ1v) is 6.02. The van der Waals surface area contributed by atoms with E-state index in [0.717, 1.165) is 0 Å². The summed E-state index contributed by atoms with van der Waals surface area (Å²) in [4.78, 5) is 0. The fourth-order valence-corrected chi connectivity index (χ4v) is 2.31. The summed E-state index contributed by atoms with van der Waals surface area (Å²) in [7, 11) is 0. The van der Waals surface area contributed by atoms with Gasteiger partial charge in [0.05, 0.1) is 5.92 Å². The van der Waals surface area contributed by atoms with Gasteiger partial charge in [-0.25, -0.2) is 0 Å². The third kappa shape index (κ3) is 1.99. The predicted octanol–water partition coefficient (Wildman–Crippen LogP) is 4.39. The van der Waals surface area contributed by atoms with Gasteiger partial charge in [0.1, 0.15) is 5.56 Å². The van der Waals surface area contributed by atoms with Crippen LogP contribution in [0.5, 0.6) is 0 Å². The summed E-state index contributed by atoms with van der Waals surface area (Å²) in [5.41, 5.74) is 5.30. The summed E-state index contributed by atoms with van der Waals surface area (Å²) >= 11 is 0.